The van der Waals surface area contributed by atoms with E-state index >= 15 is 0 Å². The van der Waals surface area contributed by atoms with Gasteiger partial charge in [0, 0.05) is 35.0 Å². The molecule has 0 fully saturated rings. The maximum atomic E-state index is 12.3. The van der Waals surface area contributed by atoms with Crippen molar-refractivity contribution >= 4 is 52.0 Å². The number of thioether (sulfide) groups is 1. The molecule has 29 heavy (non-hydrogen) atoms. The predicted molar refractivity (Wildman–Crippen MR) is 116 cm³/mol. The van der Waals surface area contributed by atoms with Gasteiger partial charge in [-0.3, -0.25) is 14.9 Å². The SMILES string of the molecule is CCc1c(-c2nnc(SCC(=O)Nc3cc([N+](=O)[O-])ccc3Cl)n2C)csc1C. The zero-order valence-electron chi connectivity index (χ0n) is 15.9. The summed E-state index contributed by atoms with van der Waals surface area (Å²) in [5.74, 6) is 0.479. The fourth-order valence-corrected chi connectivity index (χ4v) is 4.64. The van der Waals surface area contributed by atoms with Crippen LogP contribution >= 0.6 is 34.7 Å². The van der Waals surface area contributed by atoms with Crippen LogP contribution in [0.15, 0.2) is 28.7 Å². The molecule has 0 radical (unpaired) electrons. The number of hydrogen-bond acceptors (Lipinski definition) is 7. The number of non-ortho nitro benzene ring substituents is 1. The van der Waals surface area contributed by atoms with Gasteiger partial charge in [0.15, 0.2) is 11.0 Å². The molecule has 0 aliphatic carbocycles. The number of thiophene rings is 1. The molecular weight excluding hydrogens is 434 g/mol. The molecule has 152 valence electrons. The number of rotatable bonds is 7. The molecule has 3 aromatic rings. The Morgan fingerprint density at radius 3 is 2.86 bits per heavy atom. The first-order valence-electron chi connectivity index (χ1n) is 8.65. The highest BCUT2D eigenvalue weighted by atomic mass is 35.5. The maximum Gasteiger partial charge on any atom is 0.271 e. The Morgan fingerprint density at radius 1 is 1.41 bits per heavy atom. The van der Waals surface area contributed by atoms with E-state index < -0.39 is 4.92 Å². The Hall–Kier alpha value is -2.43. The number of benzene rings is 1. The van der Waals surface area contributed by atoms with Crippen molar-refractivity contribution in [3.8, 4) is 11.4 Å². The number of aromatic nitrogens is 3. The molecule has 0 bridgehead atoms. The summed E-state index contributed by atoms with van der Waals surface area (Å²) >= 11 is 8.93. The van der Waals surface area contributed by atoms with Crippen molar-refractivity contribution < 1.29 is 9.72 Å². The van der Waals surface area contributed by atoms with Crippen LogP contribution in [0.1, 0.15) is 17.4 Å². The Balaban J connectivity index is 1.69. The Bertz CT molecular complexity index is 1080. The van der Waals surface area contributed by atoms with Crippen LogP contribution in [0.5, 0.6) is 0 Å². The van der Waals surface area contributed by atoms with Gasteiger partial charge in [-0.05, 0) is 25.0 Å². The van der Waals surface area contributed by atoms with Crippen LogP contribution in [0.3, 0.4) is 0 Å². The second-order valence-electron chi connectivity index (χ2n) is 6.16. The molecule has 0 aliphatic heterocycles. The number of halogens is 1. The molecule has 8 nitrogen and oxygen atoms in total. The number of nitrogens with one attached hydrogen (secondary N) is 1. The monoisotopic (exact) mass is 451 g/mol. The number of nitrogens with zero attached hydrogens (tertiary/aromatic N) is 4. The number of hydrogen-bond donors (Lipinski definition) is 1. The Kier molecular flexibility index (Phi) is 6.56. The summed E-state index contributed by atoms with van der Waals surface area (Å²) in [5, 5.41) is 24.9. The van der Waals surface area contributed by atoms with Crippen LogP contribution in [-0.2, 0) is 18.3 Å². The number of aryl methyl sites for hydroxylation is 1. The van der Waals surface area contributed by atoms with Gasteiger partial charge in [-0.2, -0.15) is 0 Å². The topological polar surface area (TPSA) is 103 Å². The van der Waals surface area contributed by atoms with Gasteiger partial charge >= 0.3 is 0 Å². The smallest absolute Gasteiger partial charge is 0.271 e. The first-order chi connectivity index (χ1) is 13.8. The van der Waals surface area contributed by atoms with Crippen LogP contribution in [0.4, 0.5) is 11.4 Å². The minimum Gasteiger partial charge on any atom is -0.324 e. The third-order valence-electron chi connectivity index (χ3n) is 4.30. The first kappa shape index (κ1) is 21.3. The zero-order valence-corrected chi connectivity index (χ0v) is 18.3. The van der Waals surface area contributed by atoms with Crippen LogP contribution in [0.2, 0.25) is 5.02 Å². The maximum absolute atomic E-state index is 12.3. The van der Waals surface area contributed by atoms with Crippen molar-refractivity contribution in [2.75, 3.05) is 11.1 Å². The lowest BCUT2D eigenvalue weighted by Crippen LogP contribution is -2.15. The average molecular weight is 452 g/mol. The summed E-state index contributed by atoms with van der Waals surface area (Å²) in [6, 6.07) is 3.90. The van der Waals surface area contributed by atoms with E-state index in [0.29, 0.717) is 5.16 Å². The third-order valence-corrected chi connectivity index (χ3v) is 6.60. The summed E-state index contributed by atoms with van der Waals surface area (Å²) in [7, 11) is 1.86. The van der Waals surface area contributed by atoms with E-state index in [1.165, 1.54) is 40.4 Å². The van der Waals surface area contributed by atoms with Crippen LogP contribution < -0.4 is 5.32 Å². The first-order valence-corrected chi connectivity index (χ1v) is 10.9. The van der Waals surface area contributed by atoms with Crippen LogP contribution in [-0.4, -0.2) is 31.3 Å². The molecule has 2 heterocycles. The fraction of sp³-hybridized carbons (Fsp3) is 0.278. The van der Waals surface area contributed by atoms with Gasteiger partial charge in [0.1, 0.15) is 0 Å². The van der Waals surface area contributed by atoms with Crippen molar-refractivity contribution in [3.05, 3.63) is 49.2 Å². The number of nitro benzene ring substituents is 1. The second kappa shape index (κ2) is 8.93. The van der Waals surface area contributed by atoms with Gasteiger partial charge in [-0.1, -0.05) is 30.3 Å². The summed E-state index contributed by atoms with van der Waals surface area (Å²) < 4.78 is 1.86. The molecule has 0 spiro atoms. The minimum absolute atomic E-state index is 0.0638. The molecule has 0 unspecified atom stereocenters. The molecule has 11 heteroatoms. The molecule has 0 saturated carbocycles. The number of nitro groups is 1. The predicted octanol–water partition coefficient (Wildman–Crippen LogP) is 4.71. The van der Waals surface area contributed by atoms with E-state index in [-0.39, 0.29) is 28.1 Å². The highest BCUT2D eigenvalue weighted by Gasteiger charge is 2.18. The van der Waals surface area contributed by atoms with E-state index in [4.69, 9.17) is 11.6 Å². The number of amides is 1. The van der Waals surface area contributed by atoms with E-state index in [9.17, 15) is 14.9 Å². The average Bonchev–Trinajstić information content (AvgIpc) is 3.23. The van der Waals surface area contributed by atoms with Crippen molar-refractivity contribution in [2.45, 2.75) is 25.4 Å². The molecule has 2 aromatic heterocycles. The molecule has 0 saturated heterocycles. The lowest BCUT2D eigenvalue weighted by atomic mass is 10.1. The number of carbonyl (C=O) groups is 1. The lowest BCUT2D eigenvalue weighted by molar-refractivity contribution is -0.384. The highest BCUT2D eigenvalue weighted by Crippen LogP contribution is 2.32. The van der Waals surface area contributed by atoms with Crippen molar-refractivity contribution in [2.24, 2.45) is 7.05 Å². The van der Waals surface area contributed by atoms with Gasteiger partial charge in [-0.15, -0.1) is 21.5 Å². The van der Waals surface area contributed by atoms with Gasteiger partial charge in [0.25, 0.3) is 5.69 Å². The van der Waals surface area contributed by atoms with Gasteiger partial charge < -0.3 is 9.88 Å². The summed E-state index contributed by atoms with van der Waals surface area (Å²) in [5.41, 5.74) is 2.37. The van der Waals surface area contributed by atoms with Crippen LogP contribution in [0.25, 0.3) is 11.4 Å². The van der Waals surface area contributed by atoms with Crippen LogP contribution in [0, 0.1) is 17.0 Å². The minimum atomic E-state index is -0.543. The van der Waals surface area contributed by atoms with Crippen molar-refractivity contribution in [1.82, 2.24) is 14.8 Å². The van der Waals surface area contributed by atoms with Crippen molar-refractivity contribution in [1.29, 1.82) is 0 Å². The zero-order chi connectivity index (χ0) is 21.1. The summed E-state index contributed by atoms with van der Waals surface area (Å²) in [4.78, 5) is 23.9. The molecule has 0 aliphatic rings. The summed E-state index contributed by atoms with van der Waals surface area (Å²) in [6.45, 7) is 4.19. The molecule has 1 aromatic carbocycles. The standard InChI is InChI=1S/C18H18ClN5O3S2/c1-4-12-10(2)28-8-13(12)17-21-22-18(23(17)3)29-9-16(25)20-15-7-11(24(26)27)5-6-14(15)19/h5-8H,4,9H2,1-3H3,(H,20,25). The van der Waals surface area contributed by atoms with Gasteiger partial charge in [0.2, 0.25) is 5.91 Å². The van der Waals surface area contributed by atoms with E-state index in [2.05, 4.69) is 34.7 Å². The highest BCUT2D eigenvalue weighted by molar-refractivity contribution is 7.99. The van der Waals surface area contributed by atoms with Gasteiger partial charge in [-0.25, -0.2) is 0 Å². The Morgan fingerprint density at radius 2 is 2.17 bits per heavy atom. The largest absolute Gasteiger partial charge is 0.324 e. The van der Waals surface area contributed by atoms with E-state index in [0.717, 1.165) is 17.8 Å². The Labute approximate surface area is 180 Å². The summed E-state index contributed by atoms with van der Waals surface area (Å²) in [6.07, 6.45) is 0.909. The molecule has 1 N–H and O–H groups in total. The third kappa shape index (κ3) is 4.60. The fourth-order valence-electron chi connectivity index (χ4n) is 2.82. The van der Waals surface area contributed by atoms with E-state index in [1.807, 2.05) is 11.6 Å². The van der Waals surface area contributed by atoms with Crippen molar-refractivity contribution in [3.63, 3.8) is 0 Å². The molecule has 0 atom stereocenters. The number of carbonyl (C=O) groups excluding carboxylic acids is 1. The second-order valence-corrected chi connectivity index (χ2v) is 8.59. The quantitative estimate of drug-likeness (QED) is 0.317. The van der Waals surface area contributed by atoms with Gasteiger partial charge in [0.05, 0.1) is 21.4 Å². The van der Waals surface area contributed by atoms with E-state index in [1.54, 1.807) is 11.3 Å². The number of anilines is 1. The molecule has 1 amide bonds. The molecular formula is C18H18ClN5O3S2. The molecule has 3 rings (SSSR count). The lowest BCUT2D eigenvalue weighted by Gasteiger charge is -2.07. The normalized spacial score (nSPS) is 10.9.